The Kier molecular flexibility index (Phi) is 5.71. The molecule has 0 radical (unpaired) electrons. The molecule has 32 heavy (non-hydrogen) atoms. The monoisotopic (exact) mass is 469 g/mol. The molecule has 3 fully saturated rings. The Morgan fingerprint density at radius 2 is 1.66 bits per heavy atom. The van der Waals surface area contributed by atoms with Crippen molar-refractivity contribution in [1.82, 2.24) is 14.8 Å². The first kappa shape index (κ1) is 23.3. The van der Waals surface area contributed by atoms with Gasteiger partial charge in [-0.2, -0.15) is 13.2 Å². The van der Waals surface area contributed by atoms with Crippen LogP contribution in [0.15, 0.2) is 24.3 Å². The minimum atomic E-state index is -4.47. The molecule has 1 aromatic heterocycles. The molecule has 5 nitrogen and oxygen atoms in total. The number of halogens is 3. The Morgan fingerprint density at radius 1 is 1.06 bits per heavy atom. The Hall–Kier alpha value is -1.90. The van der Waals surface area contributed by atoms with Crippen LogP contribution in [-0.2, 0) is 28.5 Å². The standard InChI is InChI=1S/C23H30F3N3O2S/c1-4-32(30,31)16(2)15-21-9-12-22(13-10-21,14-11-21)20-28-27-19(29(20)3)17-7-5-6-8-18(17)23(24,25)26/h5-8,16H,4,9-15H2,1-3H3. The zero-order valence-corrected chi connectivity index (χ0v) is 19.6. The predicted molar refractivity (Wildman–Crippen MR) is 117 cm³/mol. The fourth-order valence-electron chi connectivity index (χ4n) is 5.88. The van der Waals surface area contributed by atoms with E-state index in [0.717, 1.165) is 50.4 Å². The third-order valence-corrected chi connectivity index (χ3v) is 10.2. The molecule has 2 aromatic rings. The van der Waals surface area contributed by atoms with Crippen molar-refractivity contribution in [2.75, 3.05) is 5.75 Å². The van der Waals surface area contributed by atoms with Gasteiger partial charge in [-0.3, -0.25) is 0 Å². The summed E-state index contributed by atoms with van der Waals surface area (Å²) in [5, 5.41) is 8.23. The van der Waals surface area contributed by atoms with Crippen LogP contribution < -0.4 is 0 Å². The Morgan fingerprint density at radius 3 is 2.22 bits per heavy atom. The summed E-state index contributed by atoms with van der Waals surface area (Å²) in [5.74, 6) is 1.13. The highest BCUT2D eigenvalue weighted by molar-refractivity contribution is 7.91. The average molecular weight is 470 g/mol. The molecule has 0 aliphatic heterocycles. The van der Waals surface area contributed by atoms with Gasteiger partial charge < -0.3 is 4.57 Å². The number of alkyl halides is 3. The number of benzene rings is 1. The number of rotatable bonds is 6. The number of nitrogens with zero attached hydrogens (tertiary/aromatic N) is 3. The predicted octanol–water partition coefficient (Wildman–Crippen LogP) is 5.31. The molecular weight excluding hydrogens is 439 g/mol. The molecule has 1 unspecified atom stereocenters. The molecule has 2 bridgehead atoms. The van der Waals surface area contributed by atoms with Gasteiger partial charge in [-0.15, -0.1) is 10.2 Å². The minimum Gasteiger partial charge on any atom is -0.314 e. The lowest BCUT2D eigenvalue weighted by Crippen LogP contribution is -2.47. The van der Waals surface area contributed by atoms with Crippen LogP contribution in [0.1, 0.15) is 70.2 Å². The molecule has 1 atom stereocenters. The van der Waals surface area contributed by atoms with Gasteiger partial charge >= 0.3 is 6.18 Å². The van der Waals surface area contributed by atoms with E-state index in [0.29, 0.717) is 6.42 Å². The Bertz CT molecular complexity index is 1080. The van der Waals surface area contributed by atoms with Crippen molar-refractivity contribution in [3.63, 3.8) is 0 Å². The van der Waals surface area contributed by atoms with E-state index >= 15 is 0 Å². The fraction of sp³-hybridized carbons (Fsp3) is 0.652. The molecular formula is C23H30F3N3O2S. The fourth-order valence-corrected chi connectivity index (χ4v) is 7.05. The lowest BCUT2D eigenvalue weighted by Gasteiger charge is -2.53. The molecule has 9 heteroatoms. The maximum Gasteiger partial charge on any atom is 0.417 e. The zero-order valence-electron chi connectivity index (χ0n) is 18.7. The Labute approximate surface area is 187 Å². The third-order valence-electron chi connectivity index (χ3n) is 7.96. The first-order valence-electron chi connectivity index (χ1n) is 11.2. The summed E-state index contributed by atoms with van der Waals surface area (Å²) in [4.78, 5) is 0. The lowest BCUT2D eigenvalue weighted by atomic mass is 9.52. The molecule has 0 spiro atoms. The van der Waals surface area contributed by atoms with Crippen LogP contribution in [-0.4, -0.2) is 34.2 Å². The van der Waals surface area contributed by atoms with Gasteiger partial charge in [0.15, 0.2) is 15.7 Å². The third kappa shape index (κ3) is 3.86. The molecule has 3 aliphatic rings. The van der Waals surface area contributed by atoms with E-state index in [2.05, 4.69) is 10.2 Å². The summed E-state index contributed by atoms with van der Waals surface area (Å²) in [6.45, 7) is 3.51. The van der Waals surface area contributed by atoms with Crippen molar-refractivity contribution in [2.24, 2.45) is 12.5 Å². The molecule has 5 rings (SSSR count). The van der Waals surface area contributed by atoms with E-state index in [1.54, 1.807) is 24.6 Å². The van der Waals surface area contributed by atoms with E-state index in [1.165, 1.54) is 12.1 Å². The van der Waals surface area contributed by atoms with E-state index in [4.69, 9.17) is 0 Å². The number of fused-ring (bicyclic) bond motifs is 3. The summed E-state index contributed by atoms with van der Waals surface area (Å²) in [5.41, 5.74) is -0.843. The van der Waals surface area contributed by atoms with E-state index in [1.807, 2.05) is 6.92 Å². The maximum atomic E-state index is 13.5. The second-order valence-corrected chi connectivity index (χ2v) is 12.4. The maximum absolute atomic E-state index is 13.5. The van der Waals surface area contributed by atoms with Gasteiger partial charge in [0.1, 0.15) is 5.82 Å². The van der Waals surface area contributed by atoms with E-state index in [9.17, 15) is 21.6 Å². The van der Waals surface area contributed by atoms with Gasteiger partial charge in [0, 0.05) is 23.8 Å². The number of hydrogen-bond acceptors (Lipinski definition) is 4. The summed E-state index contributed by atoms with van der Waals surface area (Å²) >= 11 is 0. The van der Waals surface area contributed by atoms with Crippen LogP contribution in [0.2, 0.25) is 0 Å². The molecule has 0 saturated heterocycles. The quantitative estimate of drug-likeness (QED) is 0.575. The minimum absolute atomic E-state index is 0.0354. The highest BCUT2D eigenvalue weighted by atomic mass is 32.2. The van der Waals surface area contributed by atoms with Crippen LogP contribution in [0, 0.1) is 5.41 Å². The van der Waals surface area contributed by atoms with Gasteiger partial charge in [0.2, 0.25) is 0 Å². The first-order chi connectivity index (χ1) is 14.9. The van der Waals surface area contributed by atoms with Crippen molar-refractivity contribution in [3.8, 4) is 11.4 Å². The second-order valence-electron chi connectivity index (χ2n) is 9.70. The number of aromatic nitrogens is 3. The molecule has 0 amide bonds. The molecule has 176 valence electrons. The first-order valence-corrected chi connectivity index (χ1v) is 12.9. The van der Waals surface area contributed by atoms with Gasteiger partial charge in [-0.25, -0.2) is 8.42 Å². The topological polar surface area (TPSA) is 64.8 Å². The van der Waals surface area contributed by atoms with Crippen LogP contribution in [0.25, 0.3) is 11.4 Å². The highest BCUT2D eigenvalue weighted by Crippen LogP contribution is 2.59. The van der Waals surface area contributed by atoms with Gasteiger partial charge in [-0.05, 0) is 63.4 Å². The van der Waals surface area contributed by atoms with E-state index < -0.39 is 21.6 Å². The van der Waals surface area contributed by atoms with Gasteiger partial charge in [-0.1, -0.05) is 25.1 Å². The van der Waals surface area contributed by atoms with Crippen molar-refractivity contribution >= 4 is 9.84 Å². The van der Waals surface area contributed by atoms with Crippen LogP contribution in [0.5, 0.6) is 0 Å². The molecule has 3 aliphatic carbocycles. The summed E-state index contributed by atoms with van der Waals surface area (Å²) in [6, 6.07) is 5.47. The zero-order chi connectivity index (χ0) is 23.4. The van der Waals surface area contributed by atoms with Crippen molar-refractivity contribution < 1.29 is 21.6 Å². The number of hydrogen-bond donors (Lipinski definition) is 0. The summed E-state index contributed by atoms with van der Waals surface area (Å²) < 4.78 is 66.9. The highest BCUT2D eigenvalue weighted by Gasteiger charge is 2.52. The van der Waals surface area contributed by atoms with Crippen molar-refractivity contribution in [2.45, 2.75) is 75.6 Å². The largest absolute Gasteiger partial charge is 0.417 e. The lowest BCUT2D eigenvalue weighted by molar-refractivity contribution is -0.137. The van der Waals surface area contributed by atoms with Gasteiger partial charge in [0.05, 0.1) is 10.8 Å². The Balaban J connectivity index is 1.59. The molecule has 0 N–H and O–H groups in total. The molecule has 1 aromatic carbocycles. The normalized spacial score (nSPS) is 26.9. The van der Waals surface area contributed by atoms with E-state index in [-0.39, 0.29) is 33.2 Å². The number of sulfone groups is 1. The smallest absolute Gasteiger partial charge is 0.314 e. The molecule has 1 heterocycles. The summed E-state index contributed by atoms with van der Waals surface area (Å²) in [7, 11) is -1.32. The van der Waals surface area contributed by atoms with Gasteiger partial charge in [0.25, 0.3) is 0 Å². The van der Waals surface area contributed by atoms with Crippen LogP contribution in [0.3, 0.4) is 0 Å². The SMILES string of the molecule is CCS(=O)(=O)C(C)CC12CCC(c3nnc(-c4ccccc4C(F)(F)F)n3C)(CC1)CC2. The molecule has 3 saturated carbocycles. The second kappa shape index (κ2) is 7.85. The average Bonchev–Trinajstić information content (AvgIpc) is 3.16. The van der Waals surface area contributed by atoms with Crippen LogP contribution in [0.4, 0.5) is 13.2 Å². The van der Waals surface area contributed by atoms with Crippen molar-refractivity contribution in [3.05, 3.63) is 35.7 Å². The van der Waals surface area contributed by atoms with Crippen LogP contribution >= 0.6 is 0 Å². The van der Waals surface area contributed by atoms with Crippen molar-refractivity contribution in [1.29, 1.82) is 0 Å². The summed E-state index contributed by atoms with van der Waals surface area (Å²) in [6.07, 6.45) is 1.54.